The molecule has 0 aliphatic carbocycles. The Labute approximate surface area is 173 Å². The first-order valence-electron chi connectivity index (χ1n) is 10.6. The average Bonchev–Trinajstić information content (AvgIpc) is 2.70. The van der Waals surface area contributed by atoms with Crippen LogP contribution in [0, 0.1) is 0 Å². The number of carbonyl (C=O) groups excluding carboxylic acids is 2. The molecule has 1 aromatic carbocycles. The summed E-state index contributed by atoms with van der Waals surface area (Å²) in [5, 5.41) is 0.742. The Morgan fingerprint density at radius 1 is 1.00 bits per heavy atom. The zero-order valence-corrected chi connectivity index (χ0v) is 17.7. The third-order valence-electron chi connectivity index (χ3n) is 5.98. The lowest BCUT2D eigenvalue weighted by Gasteiger charge is -2.38. The molecule has 154 valence electrons. The maximum Gasteiger partial charge on any atom is 0.236 e. The summed E-state index contributed by atoms with van der Waals surface area (Å²) >= 11 is 5.90. The van der Waals surface area contributed by atoms with Crippen molar-refractivity contribution in [1.82, 2.24) is 14.7 Å². The smallest absolute Gasteiger partial charge is 0.236 e. The van der Waals surface area contributed by atoms with Crippen LogP contribution < -0.4 is 0 Å². The number of likely N-dealkylation sites (tertiary alicyclic amines) is 1. The SMILES string of the molecule is CC1CCCCN1C(=O)CN1CCN(C(=O)CCCc2ccc(Cl)cc2)CC1. The zero-order valence-electron chi connectivity index (χ0n) is 16.9. The van der Waals surface area contributed by atoms with Gasteiger partial charge in [0.05, 0.1) is 6.54 Å². The highest BCUT2D eigenvalue weighted by Gasteiger charge is 2.27. The standard InChI is InChI=1S/C22H32ClN3O2/c1-18-5-2-3-12-26(18)22(28)17-24-13-15-25(16-14-24)21(27)7-4-6-19-8-10-20(23)11-9-19/h8-11,18H,2-7,12-17H2,1H3. The predicted octanol–water partition coefficient (Wildman–Crippen LogP) is 3.21. The van der Waals surface area contributed by atoms with Crippen molar-refractivity contribution >= 4 is 23.4 Å². The Morgan fingerprint density at radius 2 is 1.71 bits per heavy atom. The van der Waals surface area contributed by atoms with Gasteiger partial charge in [-0.15, -0.1) is 0 Å². The van der Waals surface area contributed by atoms with Crippen molar-refractivity contribution in [2.45, 2.75) is 51.5 Å². The summed E-state index contributed by atoms with van der Waals surface area (Å²) in [6.45, 7) is 6.56. The van der Waals surface area contributed by atoms with E-state index in [4.69, 9.17) is 11.6 Å². The van der Waals surface area contributed by atoms with Crippen molar-refractivity contribution in [1.29, 1.82) is 0 Å². The molecule has 5 nitrogen and oxygen atoms in total. The van der Waals surface area contributed by atoms with Crippen LogP contribution in [0.4, 0.5) is 0 Å². The molecule has 0 N–H and O–H groups in total. The molecule has 1 unspecified atom stereocenters. The number of carbonyl (C=O) groups is 2. The van der Waals surface area contributed by atoms with E-state index >= 15 is 0 Å². The topological polar surface area (TPSA) is 43.9 Å². The van der Waals surface area contributed by atoms with E-state index in [1.807, 2.05) is 34.1 Å². The lowest BCUT2D eigenvalue weighted by Crippen LogP contribution is -2.53. The number of rotatable bonds is 6. The van der Waals surface area contributed by atoms with Crippen LogP contribution in [-0.2, 0) is 16.0 Å². The molecule has 2 fully saturated rings. The zero-order chi connectivity index (χ0) is 19.9. The Morgan fingerprint density at radius 3 is 2.39 bits per heavy atom. The van der Waals surface area contributed by atoms with Gasteiger partial charge in [0, 0.05) is 50.2 Å². The number of aryl methyl sites for hydroxylation is 1. The van der Waals surface area contributed by atoms with Crippen molar-refractivity contribution in [3.05, 3.63) is 34.9 Å². The number of hydrogen-bond acceptors (Lipinski definition) is 3. The third kappa shape index (κ3) is 5.95. The number of halogens is 1. The first-order chi connectivity index (χ1) is 13.5. The van der Waals surface area contributed by atoms with Crippen molar-refractivity contribution < 1.29 is 9.59 Å². The first-order valence-corrected chi connectivity index (χ1v) is 10.9. The minimum absolute atomic E-state index is 0.226. The van der Waals surface area contributed by atoms with E-state index in [1.165, 1.54) is 12.0 Å². The molecule has 28 heavy (non-hydrogen) atoms. The fourth-order valence-corrected chi connectivity index (χ4v) is 4.29. The summed E-state index contributed by atoms with van der Waals surface area (Å²) in [6, 6.07) is 8.19. The summed E-state index contributed by atoms with van der Waals surface area (Å²) in [5.74, 6) is 0.472. The number of benzene rings is 1. The normalized spacial score (nSPS) is 21.0. The van der Waals surface area contributed by atoms with Gasteiger partial charge in [-0.2, -0.15) is 0 Å². The Bertz CT molecular complexity index is 656. The van der Waals surface area contributed by atoms with E-state index in [0.29, 0.717) is 19.0 Å². The molecule has 2 saturated heterocycles. The van der Waals surface area contributed by atoms with Crippen molar-refractivity contribution in [3.63, 3.8) is 0 Å². The Balaban J connectivity index is 1.35. The molecule has 2 aliphatic rings. The van der Waals surface area contributed by atoms with Crippen LogP contribution in [0.5, 0.6) is 0 Å². The van der Waals surface area contributed by atoms with Gasteiger partial charge in [-0.1, -0.05) is 23.7 Å². The van der Waals surface area contributed by atoms with Gasteiger partial charge in [0.15, 0.2) is 0 Å². The second-order valence-electron chi connectivity index (χ2n) is 8.07. The second-order valence-corrected chi connectivity index (χ2v) is 8.51. The minimum atomic E-state index is 0.226. The predicted molar refractivity (Wildman–Crippen MR) is 112 cm³/mol. The van der Waals surface area contributed by atoms with Gasteiger partial charge in [-0.3, -0.25) is 14.5 Å². The van der Waals surface area contributed by atoms with E-state index in [9.17, 15) is 9.59 Å². The van der Waals surface area contributed by atoms with Crippen LogP contribution in [0.3, 0.4) is 0 Å². The highest BCUT2D eigenvalue weighted by atomic mass is 35.5. The number of nitrogens with zero attached hydrogens (tertiary/aromatic N) is 3. The van der Waals surface area contributed by atoms with Crippen LogP contribution in [0.2, 0.25) is 5.02 Å². The molecular formula is C22H32ClN3O2. The van der Waals surface area contributed by atoms with Crippen LogP contribution in [0.1, 0.15) is 44.6 Å². The van der Waals surface area contributed by atoms with E-state index < -0.39 is 0 Å². The van der Waals surface area contributed by atoms with Crippen LogP contribution in [0.25, 0.3) is 0 Å². The molecule has 6 heteroatoms. The summed E-state index contributed by atoms with van der Waals surface area (Å²) in [7, 11) is 0. The molecule has 0 aromatic heterocycles. The van der Waals surface area contributed by atoms with E-state index in [-0.39, 0.29) is 11.8 Å². The maximum absolute atomic E-state index is 12.6. The van der Waals surface area contributed by atoms with Crippen LogP contribution in [0.15, 0.2) is 24.3 Å². The van der Waals surface area contributed by atoms with Gasteiger partial charge < -0.3 is 9.80 Å². The van der Waals surface area contributed by atoms with Gasteiger partial charge in [-0.05, 0) is 56.7 Å². The number of amides is 2. The number of hydrogen-bond donors (Lipinski definition) is 0. The first kappa shape index (κ1) is 21.1. The van der Waals surface area contributed by atoms with Crippen LogP contribution in [-0.4, -0.2) is 71.8 Å². The average molecular weight is 406 g/mol. The molecule has 2 amide bonds. The fraction of sp³-hybridized carbons (Fsp3) is 0.636. The lowest BCUT2D eigenvalue weighted by atomic mass is 10.0. The molecule has 0 spiro atoms. The largest absolute Gasteiger partial charge is 0.340 e. The number of piperazine rings is 1. The van der Waals surface area contributed by atoms with Gasteiger partial charge in [0.1, 0.15) is 0 Å². The highest BCUT2D eigenvalue weighted by molar-refractivity contribution is 6.30. The molecule has 0 saturated carbocycles. The molecular weight excluding hydrogens is 374 g/mol. The second kappa shape index (κ2) is 10.3. The number of piperidine rings is 1. The van der Waals surface area contributed by atoms with Gasteiger partial charge in [0.2, 0.25) is 11.8 Å². The molecule has 2 heterocycles. The van der Waals surface area contributed by atoms with E-state index in [1.54, 1.807) is 0 Å². The fourth-order valence-electron chi connectivity index (χ4n) is 4.16. The summed E-state index contributed by atoms with van der Waals surface area (Å²) in [6.07, 6.45) is 5.78. The Kier molecular flexibility index (Phi) is 7.74. The summed E-state index contributed by atoms with van der Waals surface area (Å²) in [5.41, 5.74) is 1.22. The molecule has 0 bridgehead atoms. The van der Waals surface area contributed by atoms with Gasteiger partial charge >= 0.3 is 0 Å². The van der Waals surface area contributed by atoms with Crippen molar-refractivity contribution in [3.8, 4) is 0 Å². The summed E-state index contributed by atoms with van der Waals surface area (Å²) in [4.78, 5) is 31.2. The van der Waals surface area contributed by atoms with Gasteiger partial charge in [-0.25, -0.2) is 0 Å². The van der Waals surface area contributed by atoms with E-state index in [2.05, 4.69) is 11.8 Å². The minimum Gasteiger partial charge on any atom is -0.340 e. The monoisotopic (exact) mass is 405 g/mol. The van der Waals surface area contributed by atoms with Crippen LogP contribution >= 0.6 is 11.6 Å². The quantitative estimate of drug-likeness (QED) is 0.729. The maximum atomic E-state index is 12.6. The molecule has 3 rings (SSSR count). The summed E-state index contributed by atoms with van der Waals surface area (Å²) < 4.78 is 0. The molecule has 1 atom stereocenters. The van der Waals surface area contributed by atoms with Crippen molar-refractivity contribution in [2.24, 2.45) is 0 Å². The third-order valence-corrected chi connectivity index (χ3v) is 6.23. The van der Waals surface area contributed by atoms with Crippen molar-refractivity contribution in [2.75, 3.05) is 39.3 Å². The molecule has 2 aliphatic heterocycles. The Hall–Kier alpha value is -1.59. The molecule has 0 radical (unpaired) electrons. The molecule has 1 aromatic rings. The highest BCUT2D eigenvalue weighted by Crippen LogP contribution is 2.17. The van der Waals surface area contributed by atoms with Gasteiger partial charge in [0.25, 0.3) is 0 Å². The lowest BCUT2D eigenvalue weighted by molar-refractivity contribution is -0.137. The van der Waals surface area contributed by atoms with E-state index in [0.717, 1.165) is 63.4 Å².